The standard InChI is InChI=1S/C12H12ClN3O/c1-9(10-2-4-11(13)5-3-10)15-12(17)16-7-6-14-8-16/h2-9H,1H3,(H,15,17)/t9-/m0/s1. The molecule has 1 aromatic carbocycles. The number of aromatic nitrogens is 2. The molecule has 4 nitrogen and oxygen atoms in total. The van der Waals surface area contributed by atoms with Crippen molar-refractivity contribution in [2.45, 2.75) is 13.0 Å². The predicted octanol–water partition coefficient (Wildman–Crippen LogP) is 2.86. The number of amides is 1. The number of hydrogen-bond acceptors (Lipinski definition) is 2. The minimum absolute atomic E-state index is 0.0813. The number of hydrogen-bond donors (Lipinski definition) is 1. The molecule has 0 aliphatic carbocycles. The maximum Gasteiger partial charge on any atom is 0.327 e. The van der Waals surface area contributed by atoms with E-state index in [1.807, 2.05) is 19.1 Å². The zero-order valence-corrected chi connectivity index (χ0v) is 10.1. The van der Waals surface area contributed by atoms with Gasteiger partial charge in [0.05, 0.1) is 6.04 Å². The number of imidazole rings is 1. The van der Waals surface area contributed by atoms with Crippen molar-refractivity contribution in [1.82, 2.24) is 14.9 Å². The van der Waals surface area contributed by atoms with Crippen LogP contribution in [-0.4, -0.2) is 15.6 Å². The maximum absolute atomic E-state index is 11.7. The second kappa shape index (κ2) is 5.01. The first-order valence-corrected chi connectivity index (χ1v) is 5.59. The Bertz CT molecular complexity index is 493. The molecule has 0 saturated carbocycles. The fourth-order valence-electron chi connectivity index (χ4n) is 1.47. The van der Waals surface area contributed by atoms with Gasteiger partial charge in [0.25, 0.3) is 0 Å². The van der Waals surface area contributed by atoms with E-state index in [2.05, 4.69) is 10.3 Å². The fraction of sp³-hybridized carbons (Fsp3) is 0.167. The monoisotopic (exact) mass is 249 g/mol. The summed E-state index contributed by atoms with van der Waals surface area (Å²) in [6.07, 6.45) is 4.63. The Morgan fingerprint density at radius 2 is 2.12 bits per heavy atom. The first kappa shape index (κ1) is 11.7. The topological polar surface area (TPSA) is 46.9 Å². The van der Waals surface area contributed by atoms with E-state index in [4.69, 9.17) is 11.6 Å². The Morgan fingerprint density at radius 1 is 1.41 bits per heavy atom. The zero-order valence-electron chi connectivity index (χ0n) is 9.30. The molecular formula is C12H12ClN3O. The predicted molar refractivity (Wildman–Crippen MR) is 66.0 cm³/mol. The molecule has 0 radical (unpaired) electrons. The van der Waals surface area contributed by atoms with Gasteiger partial charge in [-0.2, -0.15) is 0 Å². The van der Waals surface area contributed by atoms with Gasteiger partial charge < -0.3 is 5.32 Å². The molecule has 17 heavy (non-hydrogen) atoms. The Hall–Kier alpha value is -1.81. The highest BCUT2D eigenvalue weighted by Gasteiger charge is 2.10. The van der Waals surface area contributed by atoms with Gasteiger partial charge in [-0.1, -0.05) is 23.7 Å². The number of rotatable bonds is 2. The summed E-state index contributed by atoms with van der Waals surface area (Å²) in [4.78, 5) is 15.6. The zero-order chi connectivity index (χ0) is 12.3. The summed E-state index contributed by atoms with van der Waals surface area (Å²) in [7, 11) is 0. The van der Waals surface area contributed by atoms with Gasteiger partial charge >= 0.3 is 6.03 Å². The van der Waals surface area contributed by atoms with Crippen LogP contribution in [0.1, 0.15) is 18.5 Å². The summed E-state index contributed by atoms with van der Waals surface area (Å²) in [6.45, 7) is 1.91. The Balaban J connectivity index is 2.04. The van der Waals surface area contributed by atoms with Crippen molar-refractivity contribution in [2.24, 2.45) is 0 Å². The number of carbonyl (C=O) groups excluding carboxylic acids is 1. The van der Waals surface area contributed by atoms with Gasteiger partial charge in [0, 0.05) is 17.4 Å². The minimum atomic E-state index is -0.204. The van der Waals surface area contributed by atoms with Gasteiger partial charge in [0.15, 0.2) is 0 Å². The summed E-state index contributed by atoms with van der Waals surface area (Å²) in [6, 6.07) is 7.10. The first-order chi connectivity index (χ1) is 8.16. The molecule has 0 aliphatic rings. The lowest BCUT2D eigenvalue weighted by atomic mass is 10.1. The van der Waals surface area contributed by atoms with Crippen LogP contribution in [0.2, 0.25) is 5.02 Å². The molecule has 2 rings (SSSR count). The van der Waals surface area contributed by atoms with Crippen molar-refractivity contribution in [3.8, 4) is 0 Å². The molecule has 1 aromatic heterocycles. The van der Waals surface area contributed by atoms with Crippen LogP contribution >= 0.6 is 11.6 Å². The second-order valence-corrected chi connectivity index (χ2v) is 4.13. The van der Waals surface area contributed by atoms with Crippen LogP contribution in [0.25, 0.3) is 0 Å². The van der Waals surface area contributed by atoms with Gasteiger partial charge in [0.2, 0.25) is 0 Å². The molecule has 0 spiro atoms. The number of carbonyl (C=O) groups is 1. The third kappa shape index (κ3) is 2.85. The van der Waals surface area contributed by atoms with Crippen LogP contribution in [0, 0.1) is 0 Å². The van der Waals surface area contributed by atoms with E-state index in [9.17, 15) is 4.79 Å². The number of nitrogens with one attached hydrogen (secondary N) is 1. The minimum Gasteiger partial charge on any atom is -0.331 e. The molecule has 0 fully saturated rings. The van der Waals surface area contributed by atoms with Crippen LogP contribution in [0.5, 0.6) is 0 Å². The van der Waals surface area contributed by atoms with Gasteiger partial charge in [-0.15, -0.1) is 0 Å². The smallest absolute Gasteiger partial charge is 0.327 e. The second-order valence-electron chi connectivity index (χ2n) is 3.69. The molecule has 5 heteroatoms. The fourth-order valence-corrected chi connectivity index (χ4v) is 1.60. The molecule has 1 atom stereocenters. The summed E-state index contributed by atoms with van der Waals surface area (Å²) in [5, 5.41) is 3.54. The van der Waals surface area contributed by atoms with Crippen LogP contribution < -0.4 is 5.32 Å². The van der Waals surface area contributed by atoms with E-state index in [1.165, 1.54) is 10.9 Å². The summed E-state index contributed by atoms with van der Waals surface area (Å²) >= 11 is 5.80. The van der Waals surface area contributed by atoms with E-state index < -0.39 is 0 Å². The van der Waals surface area contributed by atoms with Crippen LogP contribution in [0.15, 0.2) is 43.0 Å². The molecule has 0 aliphatic heterocycles. The van der Waals surface area contributed by atoms with Crippen LogP contribution in [0.4, 0.5) is 4.79 Å². The molecule has 0 unspecified atom stereocenters. The Morgan fingerprint density at radius 3 is 2.71 bits per heavy atom. The molecule has 1 N–H and O–H groups in total. The third-order valence-electron chi connectivity index (χ3n) is 2.45. The number of benzene rings is 1. The normalized spacial score (nSPS) is 12.1. The van der Waals surface area contributed by atoms with Gasteiger partial charge in [-0.25, -0.2) is 9.78 Å². The van der Waals surface area contributed by atoms with Crippen molar-refractivity contribution in [3.63, 3.8) is 0 Å². The van der Waals surface area contributed by atoms with Crippen molar-refractivity contribution in [1.29, 1.82) is 0 Å². The molecule has 0 bridgehead atoms. The Kier molecular flexibility index (Phi) is 3.44. The lowest BCUT2D eigenvalue weighted by Crippen LogP contribution is -2.30. The molecule has 88 valence electrons. The van der Waals surface area contributed by atoms with Crippen molar-refractivity contribution in [3.05, 3.63) is 53.6 Å². The lowest BCUT2D eigenvalue weighted by molar-refractivity contribution is 0.239. The first-order valence-electron chi connectivity index (χ1n) is 5.21. The average molecular weight is 250 g/mol. The highest BCUT2D eigenvalue weighted by molar-refractivity contribution is 6.30. The van der Waals surface area contributed by atoms with Gasteiger partial charge in [-0.3, -0.25) is 4.57 Å². The largest absolute Gasteiger partial charge is 0.331 e. The lowest BCUT2D eigenvalue weighted by Gasteiger charge is -2.14. The van der Waals surface area contributed by atoms with E-state index >= 15 is 0 Å². The molecule has 1 heterocycles. The molecular weight excluding hydrogens is 238 g/mol. The molecule has 1 amide bonds. The number of nitrogens with zero attached hydrogens (tertiary/aromatic N) is 2. The third-order valence-corrected chi connectivity index (χ3v) is 2.70. The highest BCUT2D eigenvalue weighted by Crippen LogP contribution is 2.15. The van der Waals surface area contributed by atoms with E-state index in [0.717, 1.165) is 5.56 Å². The van der Waals surface area contributed by atoms with Crippen LogP contribution in [0.3, 0.4) is 0 Å². The van der Waals surface area contributed by atoms with Crippen molar-refractivity contribution in [2.75, 3.05) is 0 Å². The maximum atomic E-state index is 11.7. The van der Waals surface area contributed by atoms with E-state index in [0.29, 0.717) is 5.02 Å². The number of halogens is 1. The van der Waals surface area contributed by atoms with Gasteiger partial charge in [-0.05, 0) is 24.6 Å². The van der Waals surface area contributed by atoms with Crippen molar-refractivity contribution < 1.29 is 4.79 Å². The van der Waals surface area contributed by atoms with E-state index in [1.54, 1.807) is 24.5 Å². The van der Waals surface area contributed by atoms with Gasteiger partial charge in [0.1, 0.15) is 6.33 Å². The van der Waals surface area contributed by atoms with Crippen LogP contribution in [-0.2, 0) is 0 Å². The quantitative estimate of drug-likeness (QED) is 0.890. The summed E-state index contributed by atoms with van der Waals surface area (Å²) in [5.74, 6) is 0. The highest BCUT2D eigenvalue weighted by atomic mass is 35.5. The summed E-state index contributed by atoms with van der Waals surface area (Å²) in [5.41, 5.74) is 1.00. The molecule has 2 aromatic rings. The molecule has 0 saturated heterocycles. The Labute approximate surface area is 104 Å². The average Bonchev–Trinajstić information content (AvgIpc) is 2.83. The van der Waals surface area contributed by atoms with E-state index in [-0.39, 0.29) is 12.1 Å². The summed E-state index contributed by atoms with van der Waals surface area (Å²) < 4.78 is 1.40. The SMILES string of the molecule is C[C@H](NC(=O)n1ccnc1)c1ccc(Cl)cc1. The van der Waals surface area contributed by atoms with Crippen molar-refractivity contribution >= 4 is 17.6 Å².